The Morgan fingerprint density at radius 1 is 0.842 bits per heavy atom. The summed E-state index contributed by atoms with van der Waals surface area (Å²) in [4.78, 5) is 0. The van der Waals surface area contributed by atoms with Crippen molar-refractivity contribution in [3.8, 4) is 11.1 Å². The van der Waals surface area contributed by atoms with Crippen molar-refractivity contribution in [3.63, 3.8) is 0 Å². The minimum atomic E-state index is 0.0752. The maximum Gasteiger partial charge on any atom is 0.0698 e. The fraction of sp³-hybridized carbons (Fsp3) is 0.250. The van der Waals surface area contributed by atoms with Gasteiger partial charge in [-0.3, -0.25) is 0 Å². The molecule has 0 amide bonds. The van der Waals surface area contributed by atoms with Crippen molar-refractivity contribution in [2.24, 2.45) is 0 Å². The van der Waals surface area contributed by atoms with E-state index in [2.05, 4.69) is 41.7 Å². The number of ether oxygens (including phenoxy) is 1. The lowest BCUT2D eigenvalue weighted by atomic mass is 10.1. The van der Waals surface area contributed by atoms with E-state index in [0.29, 0.717) is 13.2 Å². The lowest BCUT2D eigenvalue weighted by Gasteiger charge is -2.08. The van der Waals surface area contributed by atoms with Crippen molar-refractivity contribution in [1.82, 2.24) is 0 Å². The van der Waals surface area contributed by atoms with Crippen LogP contribution in [0.15, 0.2) is 54.6 Å². The highest BCUT2D eigenvalue weighted by Gasteiger charge is 1.97. The molecule has 19 heavy (non-hydrogen) atoms. The van der Waals surface area contributed by atoms with E-state index in [1.54, 1.807) is 0 Å². The van der Waals surface area contributed by atoms with E-state index in [9.17, 15) is 0 Å². The standard InChI is InChI=1S/C16H19NO2/c18-11-13-19-12-10-17-16-8-6-15(7-9-16)14-4-2-1-3-5-14/h1-9,17-18H,10-13H2. The van der Waals surface area contributed by atoms with E-state index in [1.807, 2.05) is 18.2 Å². The summed E-state index contributed by atoms with van der Waals surface area (Å²) in [6.07, 6.45) is 0. The van der Waals surface area contributed by atoms with Crippen LogP contribution in [-0.4, -0.2) is 31.5 Å². The Labute approximate surface area is 113 Å². The SMILES string of the molecule is OCCOCCNc1ccc(-c2ccccc2)cc1. The number of hydrogen-bond donors (Lipinski definition) is 2. The molecule has 0 atom stereocenters. The first-order valence-electron chi connectivity index (χ1n) is 6.48. The number of hydrogen-bond acceptors (Lipinski definition) is 3. The van der Waals surface area contributed by atoms with E-state index >= 15 is 0 Å². The van der Waals surface area contributed by atoms with Gasteiger partial charge in [-0.2, -0.15) is 0 Å². The number of aliphatic hydroxyl groups is 1. The molecule has 2 N–H and O–H groups in total. The van der Waals surface area contributed by atoms with Crippen LogP contribution in [-0.2, 0) is 4.74 Å². The van der Waals surface area contributed by atoms with Gasteiger partial charge >= 0.3 is 0 Å². The minimum absolute atomic E-state index is 0.0752. The molecule has 0 aliphatic carbocycles. The van der Waals surface area contributed by atoms with Crippen LogP contribution in [0.2, 0.25) is 0 Å². The molecule has 2 aromatic rings. The van der Waals surface area contributed by atoms with Gasteiger partial charge in [0, 0.05) is 12.2 Å². The van der Waals surface area contributed by atoms with Crippen molar-refractivity contribution in [2.75, 3.05) is 31.7 Å². The number of benzene rings is 2. The molecule has 0 bridgehead atoms. The second-order valence-electron chi connectivity index (χ2n) is 4.21. The van der Waals surface area contributed by atoms with Crippen LogP contribution in [0.3, 0.4) is 0 Å². The number of anilines is 1. The van der Waals surface area contributed by atoms with Gasteiger partial charge in [-0.05, 0) is 23.3 Å². The highest BCUT2D eigenvalue weighted by molar-refractivity contribution is 5.65. The van der Waals surface area contributed by atoms with Crippen molar-refractivity contribution in [1.29, 1.82) is 0 Å². The predicted molar refractivity (Wildman–Crippen MR) is 78.3 cm³/mol. The zero-order valence-corrected chi connectivity index (χ0v) is 10.9. The van der Waals surface area contributed by atoms with Crippen molar-refractivity contribution in [2.45, 2.75) is 0 Å². The normalized spacial score (nSPS) is 10.4. The van der Waals surface area contributed by atoms with Crippen molar-refractivity contribution in [3.05, 3.63) is 54.6 Å². The van der Waals surface area contributed by atoms with Crippen LogP contribution in [0.1, 0.15) is 0 Å². The van der Waals surface area contributed by atoms with Gasteiger partial charge < -0.3 is 15.2 Å². The molecule has 100 valence electrons. The molecule has 0 aromatic heterocycles. The summed E-state index contributed by atoms with van der Waals surface area (Å²) in [5, 5.41) is 11.9. The van der Waals surface area contributed by atoms with Crippen LogP contribution < -0.4 is 5.32 Å². The first-order chi connectivity index (χ1) is 9.40. The number of nitrogens with one attached hydrogen (secondary N) is 1. The molecule has 0 fully saturated rings. The Bertz CT molecular complexity index is 468. The van der Waals surface area contributed by atoms with Gasteiger partial charge in [0.2, 0.25) is 0 Å². The molecule has 0 spiro atoms. The van der Waals surface area contributed by atoms with Crippen LogP contribution in [0.5, 0.6) is 0 Å². The van der Waals surface area contributed by atoms with Gasteiger partial charge in [-0.1, -0.05) is 42.5 Å². The molecule has 0 radical (unpaired) electrons. The van der Waals surface area contributed by atoms with E-state index in [1.165, 1.54) is 11.1 Å². The highest BCUT2D eigenvalue weighted by atomic mass is 16.5. The third kappa shape index (κ3) is 4.39. The van der Waals surface area contributed by atoms with Gasteiger partial charge in [-0.25, -0.2) is 0 Å². The number of aliphatic hydroxyl groups excluding tert-OH is 1. The maximum absolute atomic E-state index is 8.58. The molecule has 2 rings (SSSR count). The smallest absolute Gasteiger partial charge is 0.0698 e. The van der Waals surface area contributed by atoms with Gasteiger partial charge in [0.05, 0.1) is 19.8 Å². The molecule has 0 saturated carbocycles. The van der Waals surface area contributed by atoms with E-state index < -0.39 is 0 Å². The van der Waals surface area contributed by atoms with E-state index in [0.717, 1.165) is 12.2 Å². The maximum atomic E-state index is 8.58. The average molecular weight is 257 g/mol. The van der Waals surface area contributed by atoms with Crippen LogP contribution in [0.4, 0.5) is 5.69 Å². The van der Waals surface area contributed by atoms with Gasteiger partial charge in [0.1, 0.15) is 0 Å². The second-order valence-corrected chi connectivity index (χ2v) is 4.21. The molecular weight excluding hydrogens is 238 g/mol. The summed E-state index contributed by atoms with van der Waals surface area (Å²) >= 11 is 0. The fourth-order valence-electron chi connectivity index (χ4n) is 1.85. The average Bonchev–Trinajstić information content (AvgIpc) is 2.49. The summed E-state index contributed by atoms with van der Waals surface area (Å²) in [6, 6.07) is 18.6. The molecule has 0 aliphatic heterocycles. The van der Waals surface area contributed by atoms with Crippen molar-refractivity contribution >= 4 is 5.69 Å². The quantitative estimate of drug-likeness (QED) is 0.749. The molecule has 0 heterocycles. The van der Waals surface area contributed by atoms with Crippen LogP contribution in [0, 0.1) is 0 Å². The molecule has 0 unspecified atom stereocenters. The molecular formula is C16H19NO2. The van der Waals surface area contributed by atoms with E-state index in [-0.39, 0.29) is 6.61 Å². The van der Waals surface area contributed by atoms with Gasteiger partial charge in [0.25, 0.3) is 0 Å². The lowest BCUT2D eigenvalue weighted by Crippen LogP contribution is -2.11. The van der Waals surface area contributed by atoms with Gasteiger partial charge in [0.15, 0.2) is 0 Å². The third-order valence-corrected chi connectivity index (χ3v) is 2.80. The Hall–Kier alpha value is -1.84. The highest BCUT2D eigenvalue weighted by Crippen LogP contribution is 2.20. The predicted octanol–water partition coefficient (Wildman–Crippen LogP) is 2.77. The second kappa shape index (κ2) is 7.56. The Balaban J connectivity index is 1.85. The summed E-state index contributed by atoms with van der Waals surface area (Å²) in [5.41, 5.74) is 3.51. The largest absolute Gasteiger partial charge is 0.394 e. The Kier molecular flexibility index (Phi) is 5.41. The summed E-state index contributed by atoms with van der Waals surface area (Å²) < 4.78 is 5.19. The first kappa shape index (κ1) is 13.6. The molecule has 3 heteroatoms. The fourth-order valence-corrected chi connectivity index (χ4v) is 1.85. The Morgan fingerprint density at radius 3 is 2.21 bits per heavy atom. The van der Waals surface area contributed by atoms with Crippen LogP contribution in [0.25, 0.3) is 11.1 Å². The minimum Gasteiger partial charge on any atom is -0.394 e. The third-order valence-electron chi connectivity index (χ3n) is 2.80. The zero-order chi connectivity index (χ0) is 13.3. The topological polar surface area (TPSA) is 41.5 Å². The number of rotatable bonds is 7. The first-order valence-corrected chi connectivity index (χ1v) is 6.48. The Morgan fingerprint density at radius 2 is 1.53 bits per heavy atom. The molecule has 2 aromatic carbocycles. The summed E-state index contributed by atoms with van der Waals surface area (Å²) in [5.74, 6) is 0. The van der Waals surface area contributed by atoms with Crippen molar-refractivity contribution < 1.29 is 9.84 Å². The molecule has 0 saturated heterocycles. The summed E-state index contributed by atoms with van der Waals surface area (Å²) in [7, 11) is 0. The zero-order valence-electron chi connectivity index (χ0n) is 10.9. The van der Waals surface area contributed by atoms with E-state index in [4.69, 9.17) is 9.84 Å². The van der Waals surface area contributed by atoms with Crippen LogP contribution >= 0.6 is 0 Å². The molecule has 0 aliphatic rings. The monoisotopic (exact) mass is 257 g/mol. The molecule has 3 nitrogen and oxygen atoms in total. The lowest BCUT2D eigenvalue weighted by molar-refractivity contribution is 0.0992. The summed E-state index contributed by atoms with van der Waals surface area (Å²) in [6.45, 7) is 1.81. The van der Waals surface area contributed by atoms with Gasteiger partial charge in [-0.15, -0.1) is 0 Å².